The van der Waals surface area contributed by atoms with Crippen molar-refractivity contribution in [2.45, 2.75) is 19.1 Å². The lowest BCUT2D eigenvalue weighted by molar-refractivity contribution is -0.144. The molecule has 0 aliphatic carbocycles. The van der Waals surface area contributed by atoms with Gasteiger partial charge in [0, 0.05) is 31.9 Å². The molecule has 2 heterocycles. The van der Waals surface area contributed by atoms with E-state index < -0.39 is 6.10 Å². The monoisotopic (exact) mass is 354 g/mol. The van der Waals surface area contributed by atoms with Gasteiger partial charge in [0.15, 0.2) is 11.5 Å². The van der Waals surface area contributed by atoms with Gasteiger partial charge in [0.1, 0.15) is 11.9 Å². The normalized spacial score (nSPS) is 22.2. The zero-order valence-corrected chi connectivity index (χ0v) is 14.7. The fourth-order valence-electron chi connectivity index (χ4n) is 3.42. The Hall–Kier alpha value is -2.89. The Morgan fingerprint density at radius 1 is 0.962 bits per heavy atom. The average molecular weight is 354 g/mol. The van der Waals surface area contributed by atoms with E-state index in [0.717, 1.165) is 18.8 Å². The minimum absolute atomic E-state index is 0.0302. The van der Waals surface area contributed by atoms with Crippen molar-refractivity contribution in [2.24, 2.45) is 0 Å². The number of hydrogen-bond acceptors (Lipinski definition) is 5. The summed E-state index contributed by atoms with van der Waals surface area (Å²) >= 11 is 0. The maximum absolute atomic E-state index is 12.9. The van der Waals surface area contributed by atoms with Gasteiger partial charge in [0.25, 0.3) is 5.91 Å². The lowest BCUT2D eigenvalue weighted by atomic mass is 10.1. The Balaban J connectivity index is 1.40. The lowest BCUT2D eigenvalue weighted by Crippen LogP contribution is -2.56. The van der Waals surface area contributed by atoms with Crippen molar-refractivity contribution >= 4 is 11.6 Å². The van der Waals surface area contributed by atoms with Crippen LogP contribution in [0.15, 0.2) is 48.5 Å². The van der Waals surface area contributed by atoms with Crippen LogP contribution in [0.2, 0.25) is 0 Å². The van der Waals surface area contributed by atoms with Crippen LogP contribution in [0, 0.1) is 0 Å². The summed E-state index contributed by atoms with van der Waals surface area (Å²) in [5.74, 6) is 1.52. The summed E-state index contributed by atoms with van der Waals surface area (Å²) in [6, 6.07) is 14.6. The summed E-state index contributed by atoms with van der Waals surface area (Å²) in [5, 5.41) is 9.41. The van der Waals surface area contributed by atoms with Crippen molar-refractivity contribution in [3.05, 3.63) is 48.5 Å². The number of phenolic OH excluding ortho intramolecular Hbond substituents is 1. The second kappa shape index (κ2) is 6.78. The van der Waals surface area contributed by atoms with E-state index in [1.54, 1.807) is 12.1 Å². The van der Waals surface area contributed by atoms with Gasteiger partial charge in [-0.3, -0.25) is 4.79 Å². The number of hydrogen-bond donors (Lipinski definition) is 1. The topological polar surface area (TPSA) is 62.2 Å². The molecule has 2 aromatic carbocycles. The molecule has 2 aliphatic heterocycles. The zero-order chi connectivity index (χ0) is 18.1. The Bertz CT molecular complexity index is 785. The predicted octanol–water partition coefficient (Wildman–Crippen LogP) is 2.27. The van der Waals surface area contributed by atoms with Crippen LogP contribution in [0.5, 0.6) is 17.2 Å². The summed E-state index contributed by atoms with van der Waals surface area (Å²) in [6.45, 7) is 4.62. The van der Waals surface area contributed by atoms with Crippen molar-refractivity contribution in [3.63, 3.8) is 0 Å². The molecule has 2 aromatic rings. The Morgan fingerprint density at radius 3 is 2.23 bits per heavy atom. The predicted molar refractivity (Wildman–Crippen MR) is 97.8 cm³/mol. The lowest BCUT2D eigenvalue weighted by Gasteiger charge is -2.39. The second-order valence-corrected chi connectivity index (χ2v) is 6.64. The molecule has 2 atom stereocenters. The zero-order valence-electron chi connectivity index (χ0n) is 14.7. The van der Waals surface area contributed by atoms with Crippen LogP contribution in [0.4, 0.5) is 5.69 Å². The van der Waals surface area contributed by atoms with E-state index in [0.29, 0.717) is 24.6 Å². The molecule has 2 aliphatic rings. The fourth-order valence-corrected chi connectivity index (χ4v) is 3.42. The van der Waals surface area contributed by atoms with E-state index in [1.807, 2.05) is 48.2 Å². The molecule has 6 heteroatoms. The number of fused-ring (bicyclic) bond motifs is 1. The van der Waals surface area contributed by atoms with Gasteiger partial charge >= 0.3 is 0 Å². The quantitative estimate of drug-likeness (QED) is 0.896. The smallest absolute Gasteiger partial charge is 0.267 e. The molecule has 1 amide bonds. The molecule has 0 spiro atoms. The van der Waals surface area contributed by atoms with Crippen LogP contribution in [0.3, 0.4) is 0 Å². The van der Waals surface area contributed by atoms with Gasteiger partial charge in [-0.2, -0.15) is 0 Å². The number of ether oxygens (including phenoxy) is 2. The maximum Gasteiger partial charge on any atom is 0.267 e. The average Bonchev–Trinajstić information content (AvgIpc) is 2.68. The molecule has 1 saturated heterocycles. The van der Waals surface area contributed by atoms with Crippen LogP contribution in [0.1, 0.15) is 6.92 Å². The van der Waals surface area contributed by atoms with Crippen LogP contribution in [0.25, 0.3) is 0 Å². The first-order valence-corrected chi connectivity index (χ1v) is 8.87. The number of aromatic hydroxyl groups is 1. The van der Waals surface area contributed by atoms with Gasteiger partial charge in [-0.15, -0.1) is 0 Å². The fraction of sp³-hybridized carbons (Fsp3) is 0.350. The molecule has 0 bridgehead atoms. The molecule has 2 unspecified atom stereocenters. The molecular formula is C20H22N2O4. The van der Waals surface area contributed by atoms with Crippen molar-refractivity contribution in [1.29, 1.82) is 0 Å². The third-order valence-corrected chi connectivity index (χ3v) is 4.89. The Morgan fingerprint density at radius 2 is 1.58 bits per heavy atom. The number of carbonyl (C=O) groups is 1. The number of nitrogens with zero attached hydrogens (tertiary/aromatic N) is 2. The van der Waals surface area contributed by atoms with Crippen molar-refractivity contribution < 1.29 is 19.4 Å². The highest BCUT2D eigenvalue weighted by molar-refractivity contribution is 5.82. The third kappa shape index (κ3) is 3.14. The number of carbonyl (C=O) groups excluding carboxylic acids is 1. The highest BCUT2D eigenvalue weighted by atomic mass is 16.6. The molecule has 4 rings (SSSR count). The largest absolute Gasteiger partial charge is 0.508 e. The first-order valence-electron chi connectivity index (χ1n) is 8.87. The number of amides is 1. The third-order valence-electron chi connectivity index (χ3n) is 4.89. The molecule has 0 saturated carbocycles. The van der Waals surface area contributed by atoms with Crippen molar-refractivity contribution in [3.8, 4) is 17.2 Å². The van der Waals surface area contributed by atoms with Gasteiger partial charge in [-0.25, -0.2) is 0 Å². The van der Waals surface area contributed by atoms with E-state index in [2.05, 4.69) is 4.90 Å². The molecule has 0 radical (unpaired) electrons. The highest BCUT2D eigenvalue weighted by Crippen LogP contribution is 2.34. The number of benzene rings is 2. The van der Waals surface area contributed by atoms with E-state index in [4.69, 9.17) is 9.47 Å². The second-order valence-electron chi connectivity index (χ2n) is 6.64. The van der Waals surface area contributed by atoms with Crippen LogP contribution in [-0.4, -0.2) is 54.3 Å². The van der Waals surface area contributed by atoms with Gasteiger partial charge in [0.05, 0.1) is 0 Å². The summed E-state index contributed by atoms with van der Waals surface area (Å²) in [5.41, 5.74) is 1.05. The van der Waals surface area contributed by atoms with E-state index in [1.165, 1.54) is 0 Å². The molecule has 0 aromatic heterocycles. The first-order chi connectivity index (χ1) is 12.6. The molecule has 1 fully saturated rings. The molecule has 136 valence electrons. The molecule has 26 heavy (non-hydrogen) atoms. The van der Waals surface area contributed by atoms with Crippen LogP contribution < -0.4 is 14.4 Å². The van der Waals surface area contributed by atoms with E-state index in [9.17, 15) is 9.90 Å². The Kier molecular flexibility index (Phi) is 4.32. The van der Waals surface area contributed by atoms with Crippen molar-refractivity contribution in [2.75, 3.05) is 31.1 Å². The number of rotatable bonds is 2. The molecular weight excluding hydrogens is 332 g/mol. The number of phenols is 1. The Labute approximate surface area is 152 Å². The standard InChI is InChI=1S/C20H22N2O4/c1-14-19(26-18-5-3-2-4-17(18)25-14)20(24)22-12-10-21(11-13-22)15-6-8-16(23)9-7-15/h2-9,14,19,23H,10-13H2,1H3. The van der Waals surface area contributed by atoms with Crippen molar-refractivity contribution in [1.82, 2.24) is 4.90 Å². The molecule has 6 nitrogen and oxygen atoms in total. The minimum Gasteiger partial charge on any atom is -0.508 e. The number of piperazine rings is 1. The van der Waals surface area contributed by atoms with Gasteiger partial charge in [-0.1, -0.05) is 12.1 Å². The summed E-state index contributed by atoms with van der Waals surface area (Å²) in [4.78, 5) is 17.0. The SMILES string of the molecule is CC1Oc2ccccc2OC1C(=O)N1CCN(c2ccc(O)cc2)CC1. The number of anilines is 1. The summed E-state index contributed by atoms with van der Waals surface area (Å²) < 4.78 is 11.8. The summed E-state index contributed by atoms with van der Waals surface area (Å²) in [7, 11) is 0. The van der Waals surface area contributed by atoms with Gasteiger partial charge < -0.3 is 24.4 Å². The van der Waals surface area contributed by atoms with Gasteiger partial charge in [0.2, 0.25) is 6.10 Å². The minimum atomic E-state index is -0.620. The maximum atomic E-state index is 12.9. The first kappa shape index (κ1) is 16.6. The van der Waals surface area contributed by atoms with Gasteiger partial charge in [-0.05, 0) is 43.3 Å². The summed E-state index contributed by atoms with van der Waals surface area (Å²) in [6.07, 6.45) is -0.947. The van der Waals surface area contributed by atoms with E-state index >= 15 is 0 Å². The number of para-hydroxylation sites is 2. The van der Waals surface area contributed by atoms with Crippen LogP contribution >= 0.6 is 0 Å². The van der Waals surface area contributed by atoms with Crippen LogP contribution in [-0.2, 0) is 4.79 Å². The highest BCUT2D eigenvalue weighted by Gasteiger charge is 2.37. The molecule has 1 N–H and O–H groups in total. The van der Waals surface area contributed by atoms with E-state index in [-0.39, 0.29) is 17.8 Å².